The van der Waals surface area contributed by atoms with Crippen molar-refractivity contribution >= 4 is 28.2 Å². The highest BCUT2D eigenvalue weighted by molar-refractivity contribution is 5.95. The molecule has 6 nitrogen and oxygen atoms in total. The van der Waals surface area contributed by atoms with Crippen molar-refractivity contribution in [2.45, 2.75) is 19.9 Å². The molecular formula is C26H26FN5O. The molecule has 3 N–H and O–H groups in total. The van der Waals surface area contributed by atoms with Crippen LogP contribution in [0.1, 0.15) is 16.7 Å². The predicted molar refractivity (Wildman–Crippen MR) is 130 cm³/mol. The molecule has 0 bridgehead atoms. The highest BCUT2D eigenvalue weighted by atomic mass is 19.1. The summed E-state index contributed by atoms with van der Waals surface area (Å²) in [5.41, 5.74) is 12.8. The standard InChI is InChI=1S/C26H26FN5O/c1-15-5-4-6-20(27)25(15)17-9-21(28)19-13-29-26(30-22(19)10-17)31-23-11-18-14-32(2)8-7-16(18)12-24(23)33-3/h4-6,9-13H,7-8,14,28H2,1-3H3,(H,29,30,31). The van der Waals surface area contributed by atoms with Crippen LogP contribution in [0.4, 0.5) is 21.7 Å². The lowest BCUT2D eigenvalue weighted by molar-refractivity contribution is 0.312. The van der Waals surface area contributed by atoms with E-state index >= 15 is 0 Å². The van der Waals surface area contributed by atoms with Gasteiger partial charge in [0.2, 0.25) is 5.95 Å². The van der Waals surface area contributed by atoms with Crippen molar-refractivity contribution in [2.24, 2.45) is 0 Å². The van der Waals surface area contributed by atoms with Crippen molar-refractivity contribution < 1.29 is 9.13 Å². The fraction of sp³-hybridized carbons (Fsp3) is 0.231. The van der Waals surface area contributed by atoms with Crippen LogP contribution in [0.3, 0.4) is 0 Å². The first-order chi connectivity index (χ1) is 15.9. The summed E-state index contributed by atoms with van der Waals surface area (Å²) in [5.74, 6) is 0.883. The molecule has 4 aromatic rings. The highest BCUT2D eigenvalue weighted by Gasteiger charge is 2.18. The molecule has 7 heteroatoms. The molecule has 0 saturated heterocycles. The van der Waals surface area contributed by atoms with Crippen LogP contribution in [0.2, 0.25) is 0 Å². The van der Waals surface area contributed by atoms with E-state index in [0.29, 0.717) is 28.3 Å². The number of ether oxygens (including phenoxy) is 1. The summed E-state index contributed by atoms with van der Waals surface area (Å²) in [6.07, 6.45) is 2.68. The summed E-state index contributed by atoms with van der Waals surface area (Å²) in [7, 11) is 3.78. The average Bonchev–Trinajstić information content (AvgIpc) is 2.78. The van der Waals surface area contributed by atoms with E-state index in [1.807, 2.05) is 19.1 Å². The Morgan fingerprint density at radius 1 is 1.15 bits per heavy atom. The smallest absolute Gasteiger partial charge is 0.227 e. The van der Waals surface area contributed by atoms with E-state index in [1.165, 1.54) is 17.2 Å². The monoisotopic (exact) mass is 443 g/mol. The third kappa shape index (κ3) is 3.96. The molecule has 0 spiro atoms. The number of hydrogen-bond donors (Lipinski definition) is 2. The van der Waals surface area contributed by atoms with Crippen LogP contribution in [0, 0.1) is 12.7 Å². The molecule has 0 fully saturated rings. The van der Waals surface area contributed by atoms with Crippen molar-refractivity contribution in [3.63, 3.8) is 0 Å². The normalized spacial score (nSPS) is 13.7. The van der Waals surface area contributed by atoms with E-state index in [0.717, 1.165) is 41.9 Å². The van der Waals surface area contributed by atoms with E-state index < -0.39 is 0 Å². The number of halogens is 1. The molecule has 0 atom stereocenters. The van der Waals surface area contributed by atoms with Crippen LogP contribution in [-0.4, -0.2) is 35.6 Å². The number of nitrogens with two attached hydrogens (primary N) is 1. The molecule has 0 amide bonds. The van der Waals surface area contributed by atoms with Gasteiger partial charge in [-0.15, -0.1) is 0 Å². The third-order valence-electron chi connectivity index (χ3n) is 6.21. The molecule has 2 heterocycles. The number of rotatable bonds is 4. The van der Waals surface area contributed by atoms with Crippen LogP contribution in [0.25, 0.3) is 22.0 Å². The van der Waals surface area contributed by atoms with Crippen LogP contribution in [-0.2, 0) is 13.0 Å². The summed E-state index contributed by atoms with van der Waals surface area (Å²) in [6, 6.07) is 12.8. The van der Waals surface area contributed by atoms with E-state index in [4.69, 9.17) is 10.5 Å². The fourth-order valence-corrected chi connectivity index (χ4v) is 4.48. The molecule has 1 aliphatic rings. The second-order valence-corrected chi connectivity index (χ2v) is 8.56. The minimum absolute atomic E-state index is 0.287. The first-order valence-corrected chi connectivity index (χ1v) is 10.9. The summed E-state index contributed by atoms with van der Waals surface area (Å²) in [5, 5.41) is 4.02. The molecule has 0 unspecified atom stereocenters. The first kappa shape index (κ1) is 21.2. The van der Waals surface area contributed by atoms with Gasteiger partial charge in [-0.2, -0.15) is 0 Å². The van der Waals surface area contributed by atoms with Crippen molar-refractivity contribution in [1.82, 2.24) is 14.9 Å². The summed E-state index contributed by atoms with van der Waals surface area (Å²) < 4.78 is 20.2. The van der Waals surface area contributed by atoms with Crippen molar-refractivity contribution in [1.29, 1.82) is 0 Å². The molecule has 5 rings (SSSR count). The Kier molecular flexibility index (Phi) is 5.34. The maximum Gasteiger partial charge on any atom is 0.227 e. The lowest BCUT2D eigenvalue weighted by Gasteiger charge is -2.26. The van der Waals surface area contributed by atoms with Crippen LogP contribution in [0.15, 0.2) is 48.7 Å². The van der Waals surface area contributed by atoms with Gasteiger partial charge in [0.05, 0.1) is 18.3 Å². The van der Waals surface area contributed by atoms with Gasteiger partial charge in [-0.25, -0.2) is 14.4 Å². The number of likely N-dealkylation sites (N-methyl/N-ethyl adjacent to an activating group) is 1. The Morgan fingerprint density at radius 2 is 2.00 bits per heavy atom. The number of fused-ring (bicyclic) bond motifs is 2. The Morgan fingerprint density at radius 3 is 2.79 bits per heavy atom. The number of nitrogen functional groups attached to an aromatic ring is 1. The molecule has 0 saturated carbocycles. The third-order valence-corrected chi connectivity index (χ3v) is 6.21. The van der Waals surface area contributed by atoms with E-state index in [1.54, 1.807) is 25.4 Å². The zero-order chi connectivity index (χ0) is 23.1. The topological polar surface area (TPSA) is 76.3 Å². The molecule has 0 radical (unpaired) electrons. The highest BCUT2D eigenvalue weighted by Crippen LogP contribution is 2.35. The Labute approximate surface area is 192 Å². The van der Waals surface area contributed by atoms with Crippen molar-refractivity contribution in [3.05, 3.63) is 71.2 Å². The molecular weight excluding hydrogens is 417 g/mol. The van der Waals surface area contributed by atoms with E-state index in [9.17, 15) is 4.39 Å². The minimum Gasteiger partial charge on any atom is -0.495 e. The average molecular weight is 444 g/mol. The predicted octanol–water partition coefficient (Wildman–Crippen LogP) is 5.07. The molecule has 1 aromatic heterocycles. The molecule has 33 heavy (non-hydrogen) atoms. The maximum atomic E-state index is 14.6. The molecule has 1 aliphatic heterocycles. The number of aryl methyl sites for hydroxylation is 1. The summed E-state index contributed by atoms with van der Waals surface area (Å²) in [4.78, 5) is 11.4. The van der Waals surface area contributed by atoms with Gasteiger partial charge in [-0.3, -0.25) is 0 Å². The van der Waals surface area contributed by atoms with Crippen molar-refractivity contribution in [3.8, 4) is 16.9 Å². The van der Waals surface area contributed by atoms with Crippen molar-refractivity contribution in [2.75, 3.05) is 31.8 Å². The van der Waals surface area contributed by atoms with Gasteiger partial charge in [0.1, 0.15) is 11.6 Å². The lowest BCUT2D eigenvalue weighted by Crippen LogP contribution is -2.26. The minimum atomic E-state index is -0.287. The van der Waals surface area contributed by atoms with Gasteiger partial charge in [-0.1, -0.05) is 12.1 Å². The maximum absolute atomic E-state index is 14.6. The lowest BCUT2D eigenvalue weighted by atomic mass is 9.98. The number of nitrogens with zero attached hydrogens (tertiary/aromatic N) is 3. The fourth-order valence-electron chi connectivity index (χ4n) is 4.48. The van der Waals surface area contributed by atoms with Crippen LogP contribution >= 0.6 is 0 Å². The zero-order valence-corrected chi connectivity index (χ0v) is 18.9. The quantitative estimate of drug-likeness (QED) is 0.429. The van der Waals surface area contributed by atoms with Gasteiger partial charge >= 0.3 is 0 Å². The molecule has 168 valence electrons. The Bertz CT molecular complexity index is 1350. The summed E-state index contributed by atoms with van der Waals surface area (Å²) in [6.45, 7) is 3.79. The largest absolute Gasteiger partial charge is 0.495 e. The van der Waals surface area contributed by atoms with Gasteiger partial charge < -0.3 is 20.7 Å². The number of aromatic nitrogens is 2. The first-order valence-electron chi connectivity index (χ1n) is 10.9. The van der Waals surface area contributed by atoms with Crippen LogP contribution in [0.5, 0.6) is 5.75 Å². The van der Waals surface area contributed by atoms with Gasteiger partial charge in [0.15, 0.2) is 0 Å². The van der Waals surface area contributed by atoms with E-state index in [-0.39, 0.29) is 5.82 Å². The number of methoxy groups -OCH3 is 1. The van der Waals surface area contributed by atoms with Gasteiger partial charge in [0, 0.05) is 35.9 Å². The SMILES string of the molecule is COc1cc2c(cc1Nc1ncc3c(N)cc(-c4c(C)cccc4F)cc3n1)CN(C)CC2. The second-order valence-electron chi connectivity index (χ2n) is 8.56. The van der Waals surface area contributed by atoms with Crippen LogP contribution < -0.4 is 15.8 Å². The van der Waals surface area contributed by atoms with Gasteiger partial charge in [-0.05, 0) is 73.0 Å². The number of benzene rings is 3. The van der Waals surface area contributed by atoms with E-state index in [2.05, 4.69) is 39.4 Å². The Balaban J connectivity index is 1.56. The Hall–Kier alpha value is -3.71. The molecule has 3 aromatic carbocycles. The number of anilines is 3. The zero-order valence-electron chi connectivity index (χ0n) is 18.9. The number of hydrogen-bond acceptors (Lipinski definition) is 6. The second kappa shape index (κ2) is 8.33. The summed E-state index contributed by atoms with van der Waals surface area (Å²) >= 11 is 0. The molecule has 0 aliphatic carbocycles. The van der Waals surface area contributed by atoms with Gasteiger partial charge in [0.25, 0.3) is 0 Å². The number of nitrogens with one attached hydrogen (secondary N) is 1.